The van der Waals surface area contributed by atoms with Crippen LogP contribution in [0.25, 0.3) is 0 Å². The van der Waals surface area contributed by atoms with Gasteiger partial charge >= 0.3 is 0 Å². The van der Waals surface area contributed by atoms with Crippen molar-refractivity contribution in [2.45, 2.75) is 6.54 Å². The Morgan fingerprint density at radius 3 is 2.75 bits per heavy atom. The third-order valence-corrected chi connectivity index (χ3v) is 2.71. The van der Waals surface area contributed by atoms with Crippen LogP contribution in [0.2, 0.25) is 0 Å². The quantitative estimate of drug-likeness (QED) is 0.805. The zero-order valence-corrected chi connectivity index (χ0v) is 10.8. The van der Waals surface area contributed by atoms with Crippen molar-refractivity contribution in [3.63, 3.8) is 0 Å². The van der Waals surface area contributed by atoms with E-state index in [-0.39, 0.29) is 12.4 Å². The van der Waals surface area contributed by atoms with Gasteiger partial charge in [-0.25, -0.2) is 9.37 Å². The summed E-state index contributed by atoms with van der Waals surface area (Å²) >= 11 is 0. The predicted octanol–water partition coefficient (Wildman–Crippen LogP) is 1.29. The smallest absolute Gasteiger partial charge is 0.237 e. The first-order valence-corrected chi connectivity index (χ1v) is 6.04. The lowest BCUT2D eigenvalue weighted by Gasteiger charge is -2.22. The molecule has 0 bridgehead atoms. The molecule has 0 aliphatic heterocycles. The van der Waals surface area contributed by atoms with Crippen molar-refractivity contribution in [2.75, 3.05) is 17.2 Å². The molecule has 0 aliphatic rings. The van der Waals surface area contributed by atoms with Crippen LogP contribution in [0.4, 0.5) is 15.9 Å². The van der Waals surface area contributed by atoms with Gasteiger partial charge < -0.3 is 16.4 Å². The second-order valence-corrected chi connectivity index (χ2v) is 4.38. The van der Waals surface area contributed by atoms with Gasteiger partial charge in [0, 0.05) is 18.4 Å². The van der Waals surface area contributed by atoms with Gasteiger partial charge in [-0.3, -0.25) is 4.79 Å². The third-order valence-electron chi connectivity index (χ3n) is 2.71. The number of halogens is 1. The second kappa shape index (κ2) is 6.01. The van der Waals surface area contributed by atoms with Gasteiger partial charge in [-0.2, -0.15) is 0 Å². The molecule has 0 saturated heterocycles. The minimum atomic E-state index is -0.557. The number of hydrogen-bond donors (Lipinski definition) is 2. The number of hydrogen-bond acceptors (Lipinski definition) is 4. The molecule has 2 aromatic rings. The number of amides is 1. The summed E-state index contributed by atoms with van der Waals surface area (Å²) in [5, 5.41) is 0. The highest BCUT2D eigenvalue weighted by Gasteiger charge is 2.15. The molecular weight excluding hydrogens is 259 g/mol. The van der Waals surface area contributed by atoms with Crippen LogP contribution in [0, 0.1) is 5.82 Å². The van der Waals surface area contributed by atoms with Crippen LogP contribution in [-0.2, 0) is 11.3 Å². The van der Waals surface area contributed by atoms with Crippen molar-refractivity contribution in [1.82, 2.24) is 4.98 Å². The van der Waals surface area contributed by atoms with E-state index in [4.69, 9.17) is 11.5 Å². The minimum absolute atomic E-state index is 0.0914. The van der Waals surface area contributed by atoms with Crippen molar-refractivity contribution in [3.8, 4) is 0 Å². The highest BCUT2D eigenvalue weighted by molar-refractivity contribution is 5.79. The molecule has 1 heterocycles. The van der Waals surface area contributed by atoms with Crippen LogP contribution in [0.1, 0.15) is 5.56 Å². The van der Waals surface area contributed by atoms with Gasteiger partial charge in [0.05, 0.1) is 6.54 Å². The molecule has 1 amide bonds. The molecule has 1 aromatic carbocycles. The second-order valence-electron chi connectivity index (χ2n) is 4.38. The number of nitrogen functional groups attached to an aromatic ring is 1. The van der Waals surface area contributed by atoms with E-state index in [0.717, 1.165) is 5.56 Å². The molecule has 6 heteroatoms. The van der Waals surface area contributed by atoms with Crippen LogP contribution >= 0.6 is 0 Å². The fourth-order valence-corrected chi connectivity index (χ4v) is 1.92. The van der Waals surface area contributed by atoms with Crippen LogP contribution in [0.3, 0.4) is 0 Å². The largest absolute Gasteiger partial charge is 0.399 e. The summed E-state index contributed by atoms with van der Waals surface area (Å²) in [6, 6.07) is 9.92. The van der Waals surface area contributed by atoms with E-state index < -0.39 is 11.7 Å². The van der Waals surface area contributed by atoms with Crippen molar-refractivity contribution < 1.29 is 9.18 Å². The number of nitrogens with zero attached hydrogens (tertiary/aromatic N) is 2. The highest BCUT2D eigenvalue weighted by Crippen LogP contribution is 2.18. The lowest BCUT2D eigenvalue weighted by molar-refractivity contribution is -0.116. The topological polar surface area (TPSA) is 85.2 Å². The molecule has 0 saturated carbocycles. The molecule has 0 aliphatic carbocycles. The highest BCUT2D eigenvalue weighted by atomic mass is 19.1. The Kier molecular flexibility index (Phi) is 4.14. The minimum Gasteiger partial charge on any atom is -0.399 e. The van der Waals surface area contributed by atoms with E-state index >= 15 is 0 Å². The Bertz CT molecular complexity index is 618. The number of pyridine rings is 1. The first kappa shape index (κ1) is 13.8. The summed E-state index contributed by atoms with van der Waals surface area (Å²) in [6.45, 7) is 0.171. The number of aromatic nitrogens is 1. The van der Waals surface area contributed by atoms with Crippen LogP contribution in [-0.4, -0.2) is 17.4 Å². The molecule has 2 rings (SSSR count). The summed E-state index contributed by atoms with van der Waals surface area (Å²) in [5.74, 6) is -0.967. The average molecular weight is 274 g/mol. The molecule has 4 N–H and O–H groups in total. The van der Waals surface area contributed by atoms with Gasteiger partial charge in [-0.15, -0.1) is 0 Å². The lowest BCUT2D eigenvalue weighted by Crippen LogP contribution is -2.34. The molecule has 0 atom stereocenters. The Morgan fingerprint density at radius 1 is 1.30 bits per heavy atom. The fraction of sp³-hybridized carbons (Fsp3) is 0.143. The normalized spacial score (nSPS) is 10.2. The Balaban J connectivity index is 2.29. The SMILES string of the molecule is NC(=O)CN(Cc1cccc(N)c1)c1ncccc1F. The van der Waals surface area contributed by atoms with E-state index in [1.54, 1.807) is 18.2 Å². The molecule has 1 aromatic heterocycles. The Hall–Kier alpha value is -2.63. The standard InChI is InChI=1S/C14H15FN4O/c15-12-5-2-6-18-14(12)19(9-13(17)20)8-10-3-1-4-11(16)7-10/h1-7H,8-9,16H2,(H2,17,20). The van der Waals surface area contributed by atoms with Crippen molar-refractivity contribution in [2.24, 2.45) is 5.73 Å². The van der Waals surface area contributed by atoms with Gasteiger partial charge in [-0.1, -0.05) is 12.1 Å². The molecule has 0 radical (unpaired) electrons. The maximum atomic E-state index is 13.8. The van der Waals surface area contributed by atoms with Gasteiger partial charge in [0.1, 0.15) is 0 Å². The van der Waals surface area contributed by atoms with Gasteiger partial charge in [0.25, 0.3) is 0 Å². The molecule has 5 nitrogen and oxygen atoms in total. The van der Waals surface area contributed by atoms with Crippen molar-refractivity contribution in [3.05, 3.63) is 54.0 Å². The number of nitrogens with two attached hydrogens (primary N) is 2. The van der Waals surface area contributed by atoms with E-state index in [0.29, 0.717) is 12.2 Å². The molecule has 0 fully saturated rings. The summed E-state index contributed by atoms with van der Waals surface area (Å²) in [4.78, 5) is 16.6. The summed E-state index contributed by atoms with van der Waals surface area (Å²) in [5.41, 5.74) is 12.4. The fourth-order valence-electron chi connectivity index (χ4n) is 1.92. The summed E-state index contributed by atoms with van der Waals surface area (Å²) in [6.07, 6.45) is 1.46. The number of anilines is 2. The predicted molar refractivity (Wildman–Crippen MR) is 75.3 cm³/mol. The molecule has 0 unspecified atom stereocenters. The van der Waals surface area contributed by atoms with Crippen LogP contribution < -0.4 is 16.4 Å². The average Bonchev–Trinajstić information content (AvgIpc) is 2.38. The van der Waals surface area contributed by atoms with Crippen LogP contribution in [0.15, 0.2) is 42.6 Å². The summed E-state index contributed by atoms with van der Waals surface area (Å²) in [7, 11) is 0. The van der Waals surface area contributed by atoms with Crippen molar-refractivity contribution >= 4 is 17.4 Å². The maximum Gasteiger partial charge on any atom is 0.237 e. The number of rotatable bonds is 5. The number of carbonyl (C=O) groups excluding carboxylic acids is 1. The van der Waals surface area contributed by atoms with Gasteiger partial charge in [-0.05, 0) is 29.8 Å². The number of carbonyl (C=O) groups is 1. The Labute approximate surface area is 116 Å². The van der Waals surface area contributed by atoms with Gasteiger partial charge in [0.15, 0.2) is 11.6 Å². The maximum absolute atomic E-state index is 13.8. The van der Waals surface area contributed by atoms with E-state index in [1.807, 2.05) is 6.07 Å². The van der Waals surface area contributed by atoms with E-state index in [1.165, 1.54) is 23.2 Å². The molecule has 20 heavy (non-hydrogen) atoms. The van der Waals surface area contributed by atoms with Crippen LogP contribution in [0.5, 0.6) is 0 Å². The third kappa shape index (κ3) is 3.44. The number of primary amides is 1. The zero-order chi connectivity index (χ0) is 14.5. The lowest BCUT2D eigenvalue weighted by atomic mass is 10.2. The molecule has 104 valence electrons. The monoisotopic (exact) mass is 274 g/mol. The summed E-state index contributed by atoms with van der Waals surface area (Å²) < 4.78 is 13.8. The molecular formula is C14H15FN4O. The first-order valence-electron chi connectivity index (χ1n) is 6.04. The van der Waals surface area contributed by atoms with E-state index in [9.17, 15) is 9.18 Å². The van der Waals surface area contributed by atoms with Gasteiger partial charge in [0.2, 0.25) is 5.91 Å². The van der Waals surface area contributed by atoms with Crippen molar-refractivity contribution in [1.29, 1.82) is 0 Å². The number of benzene rings is 1. The van der Waals surface area contributed by atoms with E-state index in [2.05, 4.69) is 4.98 Å². The Morgan fingerprint density at radius 2 is 2.10 bits per heavy atom. The zero-order valence-electron chi connectivity index (χ0n) is 10.8. The first-order chi connectivity index (χ1) is 9.56. The molecule has 0 spiro atoms.